The van der Waals surface area contributed by atoms with E-state index in [1.54, 1.807) is 36.4 Å². The minimum atomic E-state index is -0.502. The van der Waals surface area contributed by atoms with Gasteiger partial charge in [0.25, 0.3) is 11.4 Å². The molecule has 3 aromatic carbocycles. The average Bonchev–Trinajstić information content (AvgIpc) is 2.82. The van der Waals surface area contributed by atoms with Crippen LogP contribution in [0, 0.1) is 42.9 Å². The van der Waals surface area contributed by atoms with E-state index in [9.17, 15) is 30.8 Å². The summed E-state index contributed by atoms with van der Waals surface area (Å²) >= 11 is 0. The number of allylic oxidation sites excluding steroid dienone is 2. The maximum atomic E-state index is 10.8. The lowest BCUT2D eigenvalue weighted by Gasteiger charge is -2.02. The van der Waals surface area contributed by atoms with Crippen molar-refractivity contribution in [3.63, 3.8) is 0 Å². The summed E-state index contributed by atoms with van der Waals surface area (Å²) in [5.74, 6) is 0. The van der Waals surface area contributed by atoms with Gasteiger partial charge in [0.05, 0.1) is 33.1 Å². The van der Waals surface area contributed by atoms with E-state index in [1.165, 1.54) is 48.5 Å². The average molecular weight is 422 g/mol. The van der Waals surface area contributed by atoms with Crippen LogP contribution in [0.15, 0.2) is 72.8 Å². The van der Waals surface area contributed by atoms with Crippen molar-refractivity contribution < 1.29 is 9.85 Å². The van der Waals surface area contributed by atoms with Crippen LogP contribution in [0.4, 0.5) is 11.4 Å². The van der Waals surface area contributed by atoms with Crippen LogP contribution in [0.5, 0.6) is 0 Å². The van der Waals surface area contributed by atoms with Gasteiger partial charge in [-0.05, 0) is 58.7 Å². The smallest absolute Gasteiger partial charge is 0.258 e. The summed E-state index contributed by atoms with van der Waals surface area (Å²) in [6.07, 6.45) is 3.33. The number of rotatable bonds is 6. The predicted molar refractivity (Wildman–Crippen MR) is 120 cm³/mol. The molecule has 8 nitrogen and oxygen atoms in total. The van der Waals surface area contributed by atoms with Crippen LogP contribution in [-0.4, -0.2) is 9.85 Å². The number of benzene rings is 3. The fourth-order valence-corrected chi connectivity index (χ4v) is 2.91. The Bertz CT molecular complexity index is 1200. The lowest BCUT2D eigenvalue weighted by Crippen LogP contribution is -1.89. The monoisotopic (exact) mass is 422 g/mol. The molecule has 0 aliphatic heterocycles. The molecule has 0 saturated carbocycles. The van der Waals surface area contributed by atoms with Gasteiger partial charge in [-0.15, -0.1) is 0 Å². The molecule has 0 amide bonds. The molecule has 3 aromatic rings. The lowest BCUT2D eigenvalue weighted by molar-refractivity contribution is -0.385. The summed E-state index contributed by atoms with van der Waals surface area (Å²) in [4.78, 5) is 20.6. The maximum absolute atomic E-state index is 10.8. The quantitative estimate of drug-likeness (QED) is 0.219. The largest absolute Gasteiger partial charge is 0.269 e. The van der Waals surface area contributed by atoms with Gasteiger partial charge in [0, 0.05) is 24.3 Å². The van der Waals surface area contributed by atoms with Crippen molar-refractivity contribution in [3.8, 4) is 12.1 Å². The van der Waals surface area contributed by atoms with Crippen molar-refractivity contribution in [3.05, 3.63) is 115 Å². The highest BCUT2D eigenvalue weighted by Crippen LogP contribution is 2.23. The minimum Gasteiger partial charge on any atom is -0.258 e. The summed E-state index contributed by atoms with van der Waals surface area (Å²) < 4.78 is 0. The summed E-state index contributed by atoms with van der Waals surface area (Å²) in [6.45, 7) is 0. The Morgan fingerprint density at radius 1 is 0.625 bits per heavy atom. The number of nitro benzene ring substituents is 2. The first kappa shape index (κ1) is 21.6. The Balaban J connectivity index is 1.84. The predicted octanol–water partition coefficient (Wildman–Crippen LogP) is 5.63. The number of nitriles is 2. The molecule has 154 valence electrons. The second-order valence-electron chi connectivity index (χ2n) is 6.61. The van der Waals surface area contributed by atoms with E-state index in [1.807, 2.05) is 0 Å². The van der Waals surface area contributed by atoms with Gasteiger partial charge < -0.3 is 0 Å². The number of hydrogen-bond donors (Lipinski definition) is 0. The van der Waals surface area contributed by atoms with Crippen molar-refractivity contribution in [2.45, 2.75) is 0 Å². The molecule has 0 aliphatic rings. The van der Waals surface area contributed by atoms with Gasteiger partial charge in [-0.2, -0.15) is 10.5 Å². The van der Waals surface area contributed by atoms with E-state index in [-0.39, 0.29) is 11.4 Å². The van der Waals surface area contributed by atoms with E-state index in [0.29, 0.717) is 22.3 Å². The fourth-order valence-electron chi connectivity index (χ4n) is 2.91. The molecule has 32 heavy (non-hydrogen) atoms. The number of non-ortho nitro benzene ring substituents is 2. The highest BCUT2D eigenvalue weighted by molar-refractivity contribution is 5.91. The highest BCUT2D eigenvalue weighted by Gasteiger charge is 2.08. The molecule has 0 spiro atoms. The molecule has 0 N–H and O–H groups in total. The number of hydrogen-bond acceptors (Lipinski definition) is 6. The molecule has 0 heterocycles. The molecule has 0 radical (unpaired) electrons. The van der Waals surface area contributed by atoms with Gasteiger partial charge in [-0.3, -0.25) is 20.2 Å². The third kappa shape index (κ3) is 5.09. The zero-order chi connectivity index (χ0) is 23.1. The Hall–Kier alpha value is -5.08. The molecular weight excluding hydrogens is 408 g/mol. The zero-order valence-corrected chi connectivity index (χ0v) is 16.5. The standard InChI is InChI=1S/C24H14N4O4/c25-15-21(19-5-9-23(10-6-19)27(29)30)13-17-1-2-18(4-3-17)14-22(16-26)20-7-11-24(12-8-20)28(31)32/h1-14H/b21-13-,22-14+. The van der Waals surface area contributed by atoms with Crippen LogP contribution in [0.25, 0.3) is 23.3 Å². The summed E-state index contributed by atoms with van der Waals surface area (Å²) in [5, 5.41) is 40.5. The SMILES string of the molecule is N#C/C(=C\c1ccc(/C=C(/C#N)c2ccc([N+](=O)[O-])cc2)cc1)c1ccc([N+](=O)[O-])cc1. The summed E-state index contributed by atoms with van der Waals surface area (Å²) in [6, 6.07) is 22.8. The second kappa shape index (κ2) is 9.61. The first-order valence-electron chi connectivity index (χ1n) is 9.24. The molecule has 0 aromatic heterocycles. The molecule has 8 heteroatoms. The van der Waals surface area contributed by atoms with Crippen LogP contribution in [0.3, 0.4) is 0 Å². The Labute approximate surface area is 182 Å². The Morgan fingerprint density at radius 2 is 0.938 bits per heavy atom. The topological polar surface area (TPSA) is 134 Å². The van der Waals surface area contributed by atoms with Crippen LogP contribution >= 0.6 is 0 Å². The van der Waals surface area contributed by atoms with Gasteiger partial charge in [-0.1, -0.05) is 24.3 Å². The lowest BCUT2D eigenvalue weighted by atomic mass is 10.0. The van der Waals surface area contributed by atoms with Gasteiger partial charge in [0.2, 0.25) is 0 Å². The molecule has 0 unspecified atom stereocenters. The first-order valence-corrected chi connectivity index (χ1v) is 9.24. The third-order valence-corrected chi connectivity index (χ3v) is 4.58. The van der Waals surface area contributed by atoms with Crippen LogP contribution in [0.2, 0.25) is 0 Å². The Morgan fingerprint density at radius 3 is 1.19 bits per heavy atom. The van der Waals surface area contributed by atoms with Crippen molar-refractivity contribution in [1.82, 2.24) is 0 Å². The molecule has 0 bridgehead atoms. The van der Waals surface area contributed by atoms with E-state index >= 15 is 0 Å². The number of nitro groups is 2. The maximum Gasteiger partial charge on any atom is 0.269 e. The minimum absolute atomic E-state index is 0.0523. The third-order valence-electron chi connectivity index (χ3n) is 4.58. The van der Waals surface area contributed by atoms with Crippen molar-refractivity contribution >= 4 is 34.7 Å². The van der Waals surface area contributed by atoms with Gasteiger partial charge in [-0.25, -0.2) is 0 Å². The van der Waals surface area contributed by atoms with Crippen molar-refractivity contribution in [2.75, 3.05) is 0 Å². The number of nitrogens with zero attached hydrogens (tertiary/aromatic N) is 4. The second-order valence-corrected chi connectivity index (χ2v) is 6.61. The fraction of sp³-hybridized carbons (Fsp3) is 0. The van der Waals surface area contributed by atoms with Crippen LogP contribution in [-0.2, 0) is 0 Å². The molecule has 0 fully saturated rings. The van der Waals surface area contributed by atoms with Crippen LogP contribution in [0.1, 0.15) is 22.3 Å². The van der Waals surface area contributed by atoms with Gasteiger partial charge in [0.15, 0.2) is 0 Å². The first-order chi connectivity index (χ1) is 15.4. The van der Waals surface area contributed by atoms with E-state index in [4.69, 9.17) is 0 Å². The summed E-state index contributed by atoms with van der Waals surface area (Å²) in [7, 11) is 0. The molecular formula is C24H14N4O4. The highest BCUT2D eigenvalue weighted by atomic mass is 16.6. The molecule has 0 atom stereocenters. The zero-order valence-electron chi connectivity index (χ0n) is 16.5. The van der Waals surface area contributed by atoms with Gasteiger partial charge in [0.1, 0.15) is 0 Å². The molecule has 0 saturated heterocycles. The molecule has 0 aliphatic carbocycles. The van der Waals surface area contributed by atoms with Crippen LogP contribution < -0.4 is 0 Å². The molecule has 3 rings (SSSR count). The summed E-state index contributed by atoms with van der Waals surface area (Å²) in [5.41, 5.74) is 3.21. The van der Waals surface area contributed by atoms with Gasteiger partial charge >= 0.3 is 0 Å². The van der Waals surface area contributed by atoms with E-state index < -0.39 is 9.85 Å². The van der Waals surface area contributed by atoms with Crippen molar-refractivity contribution in [1.29, 1.82) is 10.5 Å². The van der Waals surface area contributed by atoms with E-state index in [2.05, 4.69) is 12.1 Å². The normalized spacial score (nSPS) is 11.3. The van der Waals surface area contributed by atoms with Crippen molar-refractivity contribution in [2.24, 2.45) is 0 Å². The van der Waals surface area contributed by atoms with E-state index in [0.717, 1.165) is 11.1 Å². The Kier molecular flexibility index (Phi) is 6.50.